The maximum atomic E-state index is 5.57. The average molecular weight is 561 g/mol. The zero-order chi connectivity index (χ0) is 26.6. The number of nitrogens with one attached hydrogen (secondary N) is 1. The molecule has 0 aromatic rings. The van der Waals surface area contributed by atoms with Crippen LogP contribution in [0.4, 0.5) is 0 Å². The topological polar surface area (TPSA) is 98.3 Å². The van der Waals surface area contributed by atoms with E-state index in [1.54, 1.807) is 64.0 Å². The van der Waals surface area contributed by atoms with E-state index in [1.807, 2.05) is 0 Å². The lowest BCUT2D eigenvalue weighted by atomic mass is 10.3. The Morgan fingerprint density at radius 2 is 0.771 bits per heavy atom. The van der Waals surface area contributed by atoms with Crippen LogP contribution < -0.4 is 5.32 Å². The highest BCUT2D eigenvalue weighted by atomic mass is 28.4. The lowest BCUT2D eigenvalue weighted by molar-refractivity contribution is 0.119. The normalized spacial score (nSPS) is 13.2. The van der Waals surface area contributed by atoms with Crippen molar-refractivity contribution >= 4 is 26.4 Å². The van der Waals surface area contributed by atoms with Gasteiger partial charge in [0.1, 0.15) is 0 Å². The van der Waals surface area contributed by atoms with Crippen LogP contribution in [0.2, 0.25) is 18.1 Å². The first-order chi connectivity index (χ1) is 16.8. The third-order valence-corrected chi connectivity index (χ3v) is 14.9. The smallest absolute Gasteiger partial charge is 0.377 e. The Balaban J connectivity index is 4.62. The number of nitrogens with zero attached hydrogens (tertiary/aromatic N) is 1. The molecule has 0 amide bonds. The fraction of sp³-hybridized carbons (Fsp3) is 1.00. The Morgan fingerprint density at radius 1 is 0.429 bits per heavy atom. The molecule has 0 fully saturated rings. The van der Waals surface area contributed by atoms with E-state index in [2.05, 4.69) is 10.2 Å². The van der Waals surface area contributed by atoms with E-state index in [4.69, 9.17) is 39.8 Å². The Kier molecular flexibility index (Phi) is 20.3. The summed E-state index contributed by atoms with van der Waals surface area (Å²) >= 11 is 0. The molecule has 0 aliphatic heterocycles. The Hall–Kier alpha value is 0.211. The molecule has 0 aromatic carbocycles. The Labute approximate surface area is 217 Å². The minimum Gasteiger partial charge on any atom is -0.377 e. The summed E-state index contributed by atoms with van der Waals surface area (Å²) in [5.41, 5.74) is 0. The van der Waals surface area contributed by atoms with Gasteiger partial charge < -0.3 is 50.1 Å². The maximum Gasteiger partial charge on any atom is 0.500 e. The van der Waals surface area contributed by atoms with Crippen LogP contribution in [-0.2, 0) is 39.8 Å². The minimum atomic E-state index is -2.56. The first-order valence-electron chi connectivity index (χ1n) is 12.2. The minimum absolute atomic E-state index is 0.775. The van der Waals surface area contributed by atoms with Crippen molar-refractivity contribution in [2.45, 2.75) is 43.8 Å². The molecule has 0 atom stereocenters. The fourth-order valence-electron chi connectivity index (χ4n) is 4.00. The van der Waals surface area contributed by atoms with E-state index < -0.39 is 26.4 Å². The van der Waals surface area contributed by atoms with E-state index >= 15 is 0 Å². The quantitative estimate of drug-likeness (QED) is 0.131. The van der Waals surface area contributed by atoms with Crippen molar-refractivity contribution in [3.05, 3.63) is 0 Å². The summed E-state index contributed by atoms with van der Waals surface area (Å²) < 4.78 is 49.9. The molecule has 0 unspecified atom stereocenters. The first kappa shape index (κ1) is 35.2. The highest BCUT2D eigenvalue weighted by Crippen LogP contribution is 2.18. The van der Waals surface area contributed by atoms with Crippen LogP contribution in [0.25, 0.3) is 0 Å². The Bertz CT molecular complexity index is 450. The van der Waals surface area contributed by atoms with Gasteiger partial charge in [-0.2, -0.15) is 0 Å². The SMILES string of the molecule is CO[Si](CCCCNCCN(CCC[Si](OC)(OC)OC)CCC[Si](OC)(OC)OC)(OC)OC. The van der Waals surface area contributed by atoms with E-state index in [1.165, 1.54) is 0 Å². The predicted molar refractivity (Wildman–Crippen MR) is 143 cm³/mol. The number of unbranched alkanes of at least 4 members (excludes halogenated alkanes) is 1. The highest BCUT2D eigenvalue weighted by molar-refractivity contribution is 6.61. The van der Waals surface area contributed by atoms with Crippen molar-refractivity contribution in [3.8, 4) is 0 Å². The first-order valence-corrected chi connectivity index (χ1v) is 18.0. The second kappa shape index (κ2) is 20.2. The average Bonchev–Trinajstić information content (AvgIpc) is 2.91. The van der Waals surface area contributed by atoms with Crippen molar-refractivity contribution in [1.29, 1.82) is 0 Å². The molecule has 0 rings (SSSR count). The largest absolute Gasteiger partial charge is 0.500 e. The summed E-state index contributed by atoms with van der Waals surface area (Å²) in [6.45, 7) is 4.64. The zero-order valence-corrected chi connectivity index (χ0v) is 26.6. The molecule has 0 saturated heterocycles. The third-order valence-electron chi connectivity index (χ3n) is 6.40. The molecule has 11 nitrogen and oxygen atoms in total. The van der Waals surface area contributed by atoms with Crippen molar-refractivity contribution in [2.24, 2.45) is 0 Å². The molecular weight excluding hydrogens is 508 g/mol. The molecule has 0 aliphatic rings. The van der Waals surface area contributed by atoms with Crippen LogP contribution in [-0.4, -0.2) is 128 Å². The molecule has 0 saturated carbocycles. The van der Waals surface area contributed by atoms with Crippen molar-refractivity contribution < 1.29 is 39.8 Å². The van der Waals surface area contributed by atoms with Crippen molar-refractivity contribution in [3.63, 3.8) is 0 Å². The maximum absolute atomic E-state index is 5.57. The molecule has 0 aromatic heterocycles. The van der Waals surface area contributed by atoms with Crippen LogP contribution >= 0.6 is 0 Å². The lowest BCUT2D eigenvalue weighted by Gasteiger charge is -2.28. The molecule has 14 heteroatoms. The van der Waals surface area contributed by atoms with Gasteiger partial charge in [0.25, 0.3) is 0 Å². The molecule has 0 radical (unpaired) electrons. The summed E-state index contributed by atoms with van der Waals surface area (Å²) in [5, 5.41) is 3.56. The summed E-state index contributed by atoms with van der Waals surface area (Å²) in [6.07, 6.45) is 3.90. The molecule has 0 spiro atoms. The van der Waals surface area contributed by atoms with Gasteiger partial charge in [0, 0.05) is 95.2 Å². The second-order valence-corrected chi connectivity index (χ2v) is 17.4. The van der Waals surface area contributed by atoms with Gasteiger partial charge in [-0.25, -0.2) is 0 Å². The van der Waals surface area contributed by atoms with Gasteiger partial charge in [0.2, 0.25) is 0 Å². The van der Waals surface area contributed by atoms with Gasteiger partial charge in [-0.3, -0.25) is 0 Å². The van der Waals surface area contributed by atoms with Crippen LogP contribution in [0.15, 0.2) is 0 Å². The molecule has 0 aliphatic carbocycles. The standard InChI is InChI=1S/C21H52N2O9Si3/c1-24-33(25-2,26-3)19-11-10-14-22-15-18-23(16-12-20-34(27-4,28-5)29-6)17-13-21-35(30-7,31-8)32-9/h22H,10-21H2,1-9H3. The van der Waals surface area contributed by atoms with Gasteiger partial charge in [-0.15, -0.1) is 0 Å². The zero-order valence-electron chi connectivity index (χ0n) is 23.6. The van der Waals surface area contributed by atoms with E-state index in [-0.39, 0.29) is 0 Å². The Morgan fingerprint density at radius 3 is 1.11 bits per heavy atom. The number of hydrogen-bond donors (Lipinski definition) is 1. The second-order valence-electron chi connectivity index (χ2n) is 8.14. The molecule has 0 heterocycles. The summed E-state index contributed by atoms with van der Waals surface area (Å²) in [5.74, 6) is 0. The molecule has 35 heavy (non-hydrogen) atoms. The van der Waals surface area contributed by atoms with E-state index in [0.29, 0.717) is 0 Å². The number of rotatable bonds is 25. The van der Waals surface area contributed by atoms with Gasteiger partial charge in [0.05, 0.1) is 0 Å². The van der Waals surface area contributed by atoms with E-state index in [9.17, 15) is 0 Å². The van der Waals surface area contributed by atoms with Crippen LogP contribution in [0.5, 0.6) is 0 Å². The molecule has 212 valence electrons. The highest BCUT2D eigenvalue weighted by Gasteiger charge is 2.38. The third kappa shape index (κ3) is 13.0. The molecular formula is C21H52N2O9Si3. The van der Waals surface area contributed by atoms with Crippen LogP contribution in [0.1, 0.15) is 25.7 Å². The van der Waals surface area contributed by atoms with Gasteiger partial charge in [0.15, 0.2) is 0 Å². The lowest BCUT2D eigenvalue weighted by Crippen LogP contribution is -2.44. The molecule has 1 N–H and O–H groups in total. The van der Waals surface area contributed by atoms with Crippen molar-refractivity contribution in [2.75, 3.05) is 96.7 Å². The van der Waals surface area contributed by atoms with Crippen LogP contribution in [0, 0.1) is 0 Å². The molecule has 0 bridgehead atoms. The predicted octanol–water partition coefficient (Wildman–Crippen LogP) is 2.07. The van der Waals surface area contributed by atoms with Gasteiger partial charge in [-0.05, 0) is 45.3 Å². The van der Waals surface area contributed by atoms with Crippen LogP contribution in [0.3, 0.4) is 0 Å². The monoisotopic (exact) mass is 560 g/mol. The summed E-state index contributed by atoms with van der Waals surface area (Å²) in [6, 6.07) is 2.37. The number of hydrogen-bond acceptors (Lipinski definition) is 11. The fourth-order valence-corrected chi connectivity index (χ4v) is 9.20. The van der Waals surface area contributed by atoms with E-state index in [0.717, 1.165) is 76.5 Å². The summed E-state index contributed by atoms with van der Waals surface area (Å²) in [4.78, 5) is 2.45. The van der Waals surface area contributed by atoms with Crippen molar-refractivity contribution in [1.82, 2.24) is 10.2 Å². The summed E-state index contributed by atoms with van der Waals surface area (Å²) in [7, 11) is 7.30. The van der Waals surface area contributed by atoms with Gasteiger partial charge in [-0.1, -0.05) is 0 Å². The van der Waals surface area contributed by atoms with Gasteiger partial charge >= 0.3 is 26.4 Å².